The second kappa shape index (κ2) is 9.96. The van der Waals surface area contributed by atoms with Gasteiger partial charge in [0, 0.05) is 31.8 Å². The van der Waals surface area contributed by atoms with Gasteiger partial charge >= 0.3 is 5.97 Å². The van der Waals surface area contributed by atoms with Crippen LogP contribution >= 0.6 is 0 Å². The molecule has 0 saturated carbocycles. The molecule has 0 atom stereocenters. The molecule has 142 valence electrons. The molecule has 8 heteroatoms. The van der Waals surface area contributed by atoms with E-state index in [9.17, 15) is 13.2 Å². The molecular formula is C18H25N3O4S. The number of hydrogen-bond donors (Lipinski definition) is 3. The highest BCUT2D eigenvalue weighted by atomic mass is 32.2. The van der Waals surface area contributed by atoms with E-state index in [-0.39, 0.29) is 4.90 Å². The minimum Gasteiger partial charge on any atom is -0.480 e. The molecule has 2 aliphatic rings. The van der Waals surface area contributed by atoms with Gasteiger partial charge in [0.1, 0.15) is 5.84 Å². The van der Waals surface area contributed by atoms with Gasteiger partial charge in [-0.2, -0.15) is 0 Å². The summed E-state index contributed by atoms with van der Waals surface area (Å²) in [6.07, 6.45) is 6.93. The summed E-state index contributed by atoms with van der Waals surface area (Å²) in [5.74, 6) is -1.05. The van der Waals surface area contributed by atoms with Gasteiger partial charge in [-0.3, -0.25) is 9.79 Å². The van der Waals surface area contributed by atoms with Crippen molar-refractivity contribution >= 4 is 21.6 Å². The number of aliphatic carboxylic acids is 1. The first-order chi connectivity index (χ1) is 12.5. The molecule has 3 N–H and O–H groups in total. The average molecular weight is 379 g/mol. The monoisotopic (exact) mass is 379 g/mol. The lowest BCUT2D eigenvalue weighted by Gasteiger charge is -2.19. The molecule has 0 fully saturated rings. The average Bonchev–Trinajstić information content (AvgIpc) is 2.64. The summed E-state index contributed by atoms with van der Waals surface area (Å²) in [6, 6.07) is 7.51. The van der Waals surface area contributed by atoms with Crippen LogP contribution in [0.1, 0.15) is 25.7 Å². The number of carbonyl (C=O) groups is 1. The van der Waals surface area contributed by atoms with Gasteiger partial charge < -0.3 is 15.7 Å². The van der Waals surface area contributed by atoms with Crippen LogP contribution in [0.4, 0.5) is 0 Å². The number of benzene rings is 1. The van der Waals surface area contributed by atoms with Crippen molar-refractivity contribution in [1.82, 2.24) is 10.6 Å². The van der Waals surface area contributed by atoms with Crippen LogP contribution in [0.25, 0.3) is 0 Å². The highest BCUT2D eigenvalue weighted by Crippen LogP contribution is 2.09. The Hall–Kier alpha value is -2.35. The van der Waals surface area contributed by atoms with E-state index in [4.69, 9.17) is 5.11 Å². The molecule has 1 aromatic rings. The van der Waals surface area contributed by atoms with E-state index < -0.39 is 21.6 Å². The fraction of sp³-hybridized carbons (Fsp3) is 0.444. The van der Waals surface area contributed by atoms with Gasteiger partial charge in [0.15, 0.2) is 15.6 Å². The Labute approximate surface area is 154 Å². The Morgan fingerprint density at radius 1 is 1.12 bits per heavy atom. The van der Waals surface area contributed by atoms with Gasteiger partial charge in [0.2, 0.25) is 0 Å². The number of aliphatic imine (C=N–C) groups is 1. The van der Waals surface area contributed by atoms with Crippen LogP contribution in [0.5, 0.6) is 0 Å². The van der Waals surface area contributed by atoms with Crippen LogP contribution in [0.3, 0.4) is 0 Å². The number of carboxylic acids is 1. The third kappa shape index (κ3) is 6.87. The fourth-order valence-corrected chi connectivity index (χ4v) is 3.65. The molecule has 0 bridgehead atoms. The van der Waals surface area contributed by atoms with Crippen molar-refractivity contribution in [3.8, 4) is 0 Å². The van der Waals surface area contributed by atoms with Crippen LogP contribution in [0, 0.1) is 0 Å². The second-order valence-corrected chi connectivity index (χ2v) is 8.04. The predicted octanol–water partition coefficient (Wildman–Crippen LogP) is 1.58. The van der Waals surface area contributed by atoms with E-state index in [1.54, 1.807) is 18.2 Å². The lowest BCUT2D eigenvalue weighted by molar-refractivity contribution is -0.134. The number of sulfone groups is 1. The molecule has 0 radical (unpaired) electrons. The van der Waals surface area contributed by atoms with Gasteiger partial charge in [-0.15, -0.1) is 0 Å². The van der Waals surface area contributed by atoms with Crippen molar-refractivity contribution < 1.29 is 18.3 Å². The molecule has 0 spiro atoms. The molecule has 0 aliphatic carbocycles. The lowest BCUT2D eigenvalue weighted by Crippen LogP contribution is -2.32. The third-order valence-electron chi connectivity index (χ3n) is 3.86. The zero-order valence-corrected chi connectivity index (χ0v) is 15.5. The predicted molar refractivity (Wildman–Crippen MR) is 101 cm³/mol. The number of rotatable bonds is 5. The Morgan fingerprint density at radius 3 is 2.42 bits per heavy atom. The van der Waals surface area contributed by atoms with Gasteiger partial charge in [-0.25, -0.2) is 8.42 Å². The highest BCUT2D eigenvalue weighted by molar-refractivity contribution is 7.92. The van der Waals surface area contributed by atoms with Crippen molar-refractivity contribution in [1.29, 1.82) is 0 Å². The number of nitrogens with one attached hydrogen (secondary N) is 2. The largest absolute Gasteiger partial charge is 0.480 e. The molecule has 0 unspecified atom stereocenters. The molecule has 0 amide bonds. The van der Waals surface area contributed by atoms with Crippen molar-refractivity contribution in [2.24, 2.45) is 4.99 Å². The topological polar surface area (TPSA) is 108 Å². The van der Waals surface area contributed by atoms with Crippen molar-refractivity contribution in [2.45, 2.75) is 30.6 Å². The smallest absolute Gasteiger partial charge is 0.319 e. The van der Waals surface area contributed by atoms with E-state index in [0.717, 1.165) is 31.9 Å². The Bertz CT molecular complexity index is 734. The third-order valence-corrected chi connectivity index (χ3v) is 5.48. The maximum atomic E-state index is 11.3. The summed E-state index contributed by atoms with van der Waals surface area (Å²) in [5, 5.41) is 15.1. The quantitative estimate of drug-likeness (QED) is 0.717. The van der Waals surface area contributed by atoms with Crippen molar-refractivity contribution in [2.75, 3.05) is 25.4 Å². The summed E-state index contributed by atoms with van der Waals surface area (Å²) in [7, 11) is -3.66. The fourth-order valence-electron chi connectivity index (χ4n) is 2.59. The van der Waals surface area contributed by atoms with Crippen molar-refractivity contribution in [3.05, 3.63) is 42.1 Å². The number of nitrogens with zero attached hydrogens (tertiary/aromatic N) is 1. The highest BCUT2D eigenvalue weighted by Gasteiger charge is 2.17. The first-order valence-corrected chi connectivity index (χ1v) is 10.3. The number of hydrogen-bond acceptors (Lipinski definition) is 6. The van der Waals surface area contributed by atoms with E-state index in [0.29, 0.717) is 0 Å². The maximum absolute atomic E-state index is 11.3. The SMILES string of the molecule is C1=C(CC2=NCCCN2)NCCC1.O=C(O)CS(=O)(=O)c1ccccc1. The van der Waals surface area contributed by atoms with Crippen LogP contribution in [-0.4, -0.2) is 50.7 Å². The summed E-state index contributed by atoms with van der Waals surface area (Å²) in [4.78, 5) is 14.7. The molecule has 2 aliphatic heterocycles. The number of amidine groups is 1. The minimum atomic E-state index is -3.66. The zero-order valence-electron chi connectivity index (χ0n) is 14.6. The molecular weight excluding hydrogens is 354 g/mol. The van der Waals surface area contributed by atoms with E-state index in [2.05, 4.69) is 21.7 Å². The molecule has 7 nitrogen and oxygen atoms in total. The van der Waals surface area contributed by atoms with E-state index >= 15 is 0 Å². The van der Waals surface area contributed by atoms with E-state index in [1.807, 2.05) is 0 Å². The van der Waals surface area contributed by atoms with Crippen LogP contribution in [0.2, 0.25) is 0 Å². The van der Waals surface area contributed by atoms with Gasteiger partial charge in [0.05, 0.1) is 4.90 Å². The first kappa shape index (κ1) is 20.0. The summed E-state index contributed by atoms with van der Waals surface area (Å²) >= 11 is 0. The van der Waals surface area contributed by atoms with Gasteiger partial charge in [-0.1, -0.05) is 24.3 Å². The van der Waals surface area contributed by atoms with Crippen LogP contribution in [-0.2, 0) is 14.6 Å². The van der Waals surface area contributed by atoms with Crippen LogP contribution in [0.15, 0.2) is 52.0 Å². The minimum absolute atomic E-state index is 0.0393. The Balaban J connectivity index is 0.000000187. The van der Waals surface area contributed by atoms with Crippen molar-refractivity contribution in [3.63, 3.8) is 0 Å². The Kier molecular flexibility index (Phi) is 7.65. The maximum Gasteiger partial charge on any atom is 0.319 e. The molecule has 26 heavy (non-hydrogen) atoms. The second-order valence-electron chi connectivity index (χ2n) is 6.05. The summed E-state index contributed by atoms with van der Waals surface area (Å²) in [6.45, 7) is 3.21. The normalized spacial score (nSPS) is 16.8. The summed E-state index contributed by atoms with van der Waals surface area (Å²) in [5.41, 5.74) is 1.35. The molecule has 3 rings (SSSR count). The molecule has 0 aromatic heterocycles. The zero-order chi connectivity index (χ0) is 18.8. The summed E-state index contributed by atoms with van der Waals surface area (Å²) < 4.78 is 22.5. The van der Waals surface area contributed by atoms with Gasteiger partial charge in [0.25, 0.3) is 0 Å². The standard InChI is InChI=1S/C10H17N3.C8H8O4S/c1-2-5-11-9(4-1)8-10-12-6-3-7-13-10;9-8(10)6-13(11,12)7-4-2-1-3-5-7/h4,11H,1-3,5-8H2,(H,12,13);1-5H,6H2,(H,9,10). The number of carboxylic acid groups (broad SMARTS) is 1. The molecule has 1 aromatic carbocycles. The first-order valence-electron chi connectivity index (χ1n) is 8.67. The molecule has 0 saturated heterocycles. The Morgan fingerprint density at radius 2 is 1.85 bits per heavy atom. The molecule has 2 heterocycles. The van der Waals surface area contributed by atoms with Crippen LogP contribution < -0.4 is 10.6 Å². The number of allylic oxidation sites excluding steroid dienone is 1. The lowest BCUT2D eigenvalue weighted by atomic mass is 10.1. The van der Waals surface area contributed by atoms with E-state index in [1.165, 1.54) is 37.1 Å². The van der Waals surface area contributed by atoms with Gasteiger partial charge in [-0.05, 0) is 31.4 Å².